The molecule has 1 N–H and O–H groups in total. The molecule has 0 aromatic carbocycles. The van der Waals surface area contributed by atoms with Gasteiger partial charge in [-0.1, -0.05) is 6.92 Å². The van der Waals surface area contributed by atoms with E-state index in [1.807, 2.05) is 6.92 Å². The fourth-order valence-electron chi connectivity index (χ4n) is 0.760. The van der Waals surface area contributed by atoms with Crippen LogP contribution in [0.1, 0.15) is 13.3 Å². The third-order valence-corrected chi connectivity index (χ3v) is 3.93. The average Bonchev–Trinajstić information content (AvgIpc) is 2.01. The van der Waals surface area contributed by atoms with E-state index in [1.165, 1.54) is 6.26 Å². The number of sulfone groups is 1. The minimum absolute atomic E-state index is 0.207. The summed E-state index contributed by atoms with van der Waals surface area (Å²) in [6, 6.07) is 0. The second kappa shape index (κ2) is 6.68. The molecular weight excluding hydrogens is 208 g/mol. The van der Waals surface area contributed by atoms with Crippen LogP contribution in [0.25, 0.3) is 0 Å². The Balaban J connectivity index is 3.27. The van der Waals surface area contributed by atoms with Gasteiger partial charge in [0.05, 0.1) is 5.75 Å². The monoisotopic (exact) mass is 226 g/mol. The van der Waals surface area contributed by atoms with E-state index in [2.05, 4.69) is 0 Å². The van der Waals surface area contributed by atoms with Crippen molar-refractivity contribution < 1.29 is 13.5 Å². The molecule has 3 nitrogen and oxygen atoms in total. The number of thioether (sulfide) groups is 1. The molecule has 80 valence electrons. The van der Waals surface area contributed by atoms with Crippen LogP contribution in [0.15, 0.2) is 0 Å². The van der Waals surface area contributed by atoms with Crippen LogP contribution in [0.4, 0.5) is 0 Å². The van der Waals surface area contributed by atoms with Gasteiger partial charge in [0.25, 0.3) is 0 Å². The van der Waals surface area contributed by atoms with Crippen molar-refractivity contribution in [1.82, 2.24) is 0 Å². The summed E-state index contributed by atoms with van der Waals surface area (Å²) in [5, 5.41) is 8.71. The van der Waals surface area contributed by atoms with Crippen molar-refractivity contribution in [1.29, 1.82) is 0 Å². The highest BCUT2D eigenvalue weighted by atomic mass is 32.2. The Hall–Kier alpha value is 0.260. The number of hydrogen-bond acceptors (Lipinski definition) is 4. The number of aliphatic hydroxyl groups is 1. The van der Waals surface area contributed by atoms with Crippen molar-refractivity contribution in [3.8, 4) is 0 Å². The fourth-order valence-corrected chi connectivity index (χ4v) is 2.63. The van der Waals surface area contributed by atoms with Gasteiger partial charge in [-0.25, -0.2) is 8.42 Å². The summed E-state index contributed by atoms with van der Waals surface area (Å²) in [6.07, 6.45) is 1.97. The first-order valence-corrected chi connectivity index (χ1v) is 7.53. The predicted octanol–water partition coefficient (Wildman–Crippen LogP) is 0.783. The first-order chi connectivity index (χ1) is 5.95. The highest BCUT2D eigenvalue weighted by molar-refractivity contribution is 7.99. The summed E-state index contributed by atoms with van der Waals surface area (Å²) in [5.41, 5.74) is 0. The SMILES string of the molecule is CC(CO)CSCCCS(C)(=O)=O. The van der Waals surface area contributed by atoms with Gasteiger partial charge in [0.1, 0.15) is 9.84 Å². The lowest BCUT2D eigenvalue weighted by molar-refractivity contribution is 0.250. The van der Waals surface area contributed by atoms with Gasteiger partial charge < -0.3 is 5.11 Å². The van der Waals surface area contributed by atoms with E-state index in [0.29, 0.717) is 12.3 Å². The minimum Gasteiger partial charge on any atom is -0.396 e. The number of hydrogen-bond donors (Lipinski definition) is 1. The van der Waals surface area contributed by atoms with Crippen LogP contribution in [-0.4, -0.2) is 43.6 Å². The molecule has 0 aliphatic carbocycles. The second-order valence-electron chi connectivity index (χ2n) is 3.35. The topological polar surface area (TPSA) is 54.4 Å². The third-order valence-electron chi connectivity index (χ3n) is 1.52. The minimum atomic E-state index is -2.79. The molecule has 0 rings (SSSR count). The van der Waals surface area contributed by atoms with Crippen molar-refractivity contribution in [2.24, 2.45) is 5.92 Å². The molecule has 0 aliphatic heterocycles. The van der Waals surface area contributed by atoms with Crippen molar-refractivity contribution in [3.05, 3.63) is 0 Å². The van der Waals surface area contributed by atoms with Gasteiger partial charge in [0, 0.05) is 12.9 Å². The Morgan fingerprint density at radius 2 is 2.08 bits per heavy atom. The number of rotatable bonds is 7. The van der Waals surface area contributed by atoms with E-state index in [1.54, 1.807) is 11.8 Å². The average molecular weight is 226 g/mol. The lowest BCUT2D eigenvalue weighted by atomic mass is 10.2. The normalized spacial score (nSPS) is 14.4. The summed E-state index contributed by atoms with van der Waals surface area (Å²) >= 11 is 1.70. The molecule has 13 heavy (non-hydrogen) atoms. The Bertz CT molecular complexity index is 211. The molecular formula is C8H18O3S2. The molecule has 0 saturated carbocycles. The molecule has 0 aromatic rings. The Kier molecular flexibility index (Phi) is 6.81. The van der Waals surface area contributed by atoms with E-state index < -0.39 is 9.84 Å². The summed E-state index contributed by atoms with van der Waals surface area (Å²) in [6.45, 7) is 2.18. The number of aliphatic hydroxyl groups excluding tert-OH is 1. The predicted molar refractivity (Wildman–Crippen MR) is 57.9 cm³/mol. The third kappa shape index (κ3) is 10.2. The zero-order valence-electron chi connectivity index (χ0n) is 8.19. The zero-order valence-corrected chi connectivity index (χ0v) is 9.83. The van der Waals surface area contributed by atoms with E-state index in [-0.39, 0.29) is 12.4 Å². The van der Waals surface area contributed by atoms with Gasteiger partial charge in [-0.3, -0.25) is 0 Å². The Labute approximate surface area is 84.8 Å². The molecule has 1 unspecified atom stereocenters. The highest BCUT2D eigenvalue weighted by Gasteiger charge is 2.03. The van der Waals surface area contributed by atoms with E-state index in [4.69, 9.17) is 5.11 Å². The summed E-state index contributed by atoms with van der Waals surface area (Å²) < 4.78 is 21.5. The largest absolute Gasteiger partial charge is 0.396 e. The van der Waals surface area contributed by atoms with E-state index >= 15 is 0 Å². The molecule has 0 saturated heterocycles. The molecule has 0 fully saturated rings. The van der Waals surface area contributed by atoms with E-state index in [9.17, 15) is 8.42 Å². The molecule has 0 amide bonds. The summed E-state index contributed by atoms with van der Waals surface area (Å²) in [5.74, 6) is 2.34. The molecule has 0 spiro atoms. The molecule has 1 atom stereocenters. The van der Waals surface area contributed by atoms with Gasteiger partial charge in [-0.05, 0) is 23.8 Å². The van der Waals surface area contributed by atoms with E-state index in [0.717, 1.165) is 11.5 Å². The summed E-state index contributed by atoms with van der Waals surface area (Å²) in [7, 11) is -2.79. The van der Waals surface area contributed by atoms with Crippen LogP contribution in [-0.2, 0) is 9.84 Å². The Morgan fingerprint density at radius 1 is 1.46 bits per heavy atom. The maximum absolute atomic E-state index is 10.7. The maximum atomic E-state index is 10.7. The van der Waals surface area contributed by atoms with Gasteiger partial charge in [-0.2, -0.15) is 11.8 Å². The van der Waals surface area contributed by atoms with Crippen LogP contribution in [0.3, 0.4) is 0 Å². The first kappa shape index (κ1) is 13.3. The highest BCUT2D eigenvalue weighted by Crippen LogP contribution is 2.09. The van der Waals surface area contributed by atoms with Crippen molar-refractivity contribution in [3.63, 3.8) is 0 Å². The van der Waals surface area contributed by atoms with Crippen LogP contribution >= 0.6 is 11.8 Å². The van der Waals surface area contributed by atoms with Crippen molar-refractivity contribution in [2.75, 3.05) is 30.1 Å². The van der Waals surface area contributed by atoms with Crippen molar-refractivity contribution in [2.45, 2.75) is 13.3 Å². The second-order valence-corrected chi connectivity index (χ2v) is 6.76. The van der Waals surface area contributed by atoms with Crippen LogP contribution in [0.5, 0.6) is 0 Å². The van der Waals surface area contributed by atoms with Gasteiger partial charge in [0.2, 0.25) is 0 Å². The molecule has 0 aliphatic rings. The molecule has 0 radical (unpaired) electrons. The standard InChI is InChI=1S/C8H18O3S2/c1-8(6-9)7-12-4-3-5-13(2,10)11/h8-9H,3-7H2,1-2H3. The summed E-state index contributed by atoms with van der Waals surface area (Å²) in [4.78, 5) is 0. The smallest absolute Gasteiger partial charge is 0.147 e. The lowest BCUT2D eigenvalue weighted by Crippen LogP contribution is -2.06. The van der Waals surface area contributed by atoms with Crippen LogP contribution < -0.4 is 0 Å². The van der Waals surface area contributed by atoms with Gasteiger partial charge >= 0.3 is 0 Å². The lowest BCUT2D eigenvalue weighted by Gasteiger charge is -2.06. The molecule has 0 bridgehead atoms. The van der Waals surface area contributed by atoms with Crippen LogP contribution in [0, 0.1) is 5.92 Å². The first-order valence-electron chi connectivity index (χ1n) is 4.32. The zero-order chi connectivity index (χ0) is 10.3. The van der Waals surface area contributed by atoms with Crippen molar-refractivity contribution >= 4 is 21.6 Å². The van der Waals surface area contributed by atoms with Gasteiger partial charge in [-0.15, -0.1) is 0 Å². The fraction of sp³-hybridized carbons (Fsp3) is 1.00. The molecule has 0 heterocycles. The maximum Gasteiger partial charge on any atom is 0.147 e. The van der Waals surface area contributed by atoms with Gasteiger partial charge in [0.15, 0.2) is 0 Å². The quantitative estimate of drug-likeness (QED) is 0.652. The molecule has 5 heteroatoms. The van der Waals surface area contributed by atoms with Crippen LogP contribution in [0.2, 0.25) is 0 Å². The Morgan fingerprint density at radius 3 is 2.54 bits per heavy atom. The molecule has 0 aromatic heterocycles.